The summed E-state index contributed by atoms with van der Waals surface area (Å²) in [5.74, 6) is 2.84. The van der Waals surface area contributed by atoms with Gasteiger partial charge in [0.05, 0.1) is 0 Å². The fourth-order valence-corrected chi connectivity index (χ4v) is 3.75. The van der Waals surface area contributed by atoms with Crippen LogP contribution >= 0.6 is 0 Å². The molecule has 5 rings (SSSR count). The first kappa shape index (κ1) is 17.8. The average molecular weight is 388 g/mol. The third-order valence-electron chi connectivity index (χ3n) is 5.42. The van der Waals surface area contributed by atoms with E-state index < -0.39 is 0 Å². The van der Waals surface area contributed by atoms with Crippen LogP contribution in [0.4, 0.5) is 4.39 Å². The first-order valence-electron chi connectivity index (χ1n) is 9.79. The summed E-state index contributed by atoms with van der Waals surface area (Å²) in [4.78, 5) is 0. The summed E-state index contributed by atoms with van der Waals surface area (Å²) in [6, 6.07) is 23.1. The number of rotatable bonds is 6. The van der Waals surface area contributed by atoms with E-state index in [0.717, 1.165) is 41.2 Å². The van der Waals surface area contributed by atoms with E-state index in [0.29, 0.717) is 5.75 Å². The topological polar surface area (TPSA) is 27.7 Å². The van der Waals surface area contributed by atoms with Crippen LogP contribution in [0.5, 0.6) is 23.0 Å². The van der Waals surface area contributed by atoms with Crippen molar-refractivity contribution in [3.8, 4) is 23.0 Å². The van der Waals surface area contributed by atoms with Crippen LogP contribution in [0.15, 0.2) is 84.7 Å². The third-order valence-corrected chi connectivity index (χ3v) is 5.42. The number of benzene rings is 3. The molecule has 3 nitrogen and oxygen atoms in total. The summed E-state index contributed by atoms with van der Waals surface area (Å²) in [5.41, 5.74) is 1.73. The smallest absolute Gasteiger partial charge is 0.231 e. The molecular formula is C25H21FO3. The highest BCUT2D eigenvalue weighted by Gasteiger charge is 2.43. The summed E-state index contributed by atoms with van der Waals surface area (Å²) in [7, 11) is 0. The van der Waals surface area contributed by atoms with E-state index in [1.165, 1.54) is 0 Å². The molecule has 2 aliphatic rings. The molecule has 0 saturated heterocycles. The first-order valence-corrected chi connectivity index (χ1v) is 9.79. The summed E-state index contributed by atoms with van der Waals surface area (Å²) in [5, 5.41) is 0. The Bertz CT molecular complexity index is 1050. The molecule has 29 heavy (non-hydrogen) atoms. The molecule has 0 unspecified atom stereocenters. The number of para-hydroxylation sites is 1. The van der Waals surface area contributed by atoms with Gasteiger partial charge >= 0.3 is 0 Å². The van der Waals surface area contributed by atoms with Gasteiger partial charge in [0.15, 0.2) is 11.5 Å². The second-order valence-corrected chi connectivity index (χ2v) is 7.55. The van der Waals surface area contributed by atoms with Gasteiger partial charge in [-0.05, 0) is 66.4 Å². The second kappa shape index (κ2) is 7.28. The second-order valence-electron chi connectivity index (χ2n) is 7.55. The fourth-order valence-electron chi connectivity index (χ4n) is 3.75. The highest BCUT2D eigenvalue weighted by Crippen LogP contribution is 2.52. The van der Waals surface area contributed by atoms with Crippen LogP contribution in [-0.4, -0.2) is 6.79 Å². The molecule has 0 amide bonds. The zero-order chi connectivity index (χ0) is 19.7. The Morgan fingerprint density at radius 1 is 0.897 bits per heavy atom. The van der Waals surface area contributed by atoms with Crippen LogP contribution in [0, 0.1) is 0 Å². The zero-order valence-corrected chi connectivity index (χ0v) is 15.9. The van der Waals surface area contributed by atoms with Crippen molar-refractivity contribution in [2.45, 2.75) is 24.7 Å². The highest BCUT2D eigenvalue weighted by molar-refractivity contribution is 5.50. The maximum atomic E-state index is 14.9. The first-order chi connectivity index (χ1) is 14.2. The van der Waals surface area contributed by atoms with Gasteiger partial charge in [-0.1, -0.05) is 36.4 Å². The van der Waals surface area contributed by atoms with Gasteiger partial charge in [-0.15, -0.1) is 0 Å². The molecule has 1 fully saturated rings. The molecule has 3 aromatic carbocycles. The normalized spacial score (nSPS) is 16.5. The summed E-state index contributed by atoms with van der Waals surface area (Å²) < 4.78 is 31.6. The van der Waals surface area contributed by atoms with Crippen LogP contribution in [0.3, 0.4) is 0 Å². The lowest BCUT2D eigenvalue weighted by Crippen LogP contribution is -2.04. The summed E-state index contributed by atoms with van der Waals surface area (Å²) >= 11 is 0. The van der Waals surface area contributed by atoms with E-state index in [4.69, 9.17) is 14.2 Å². The third kappa shape index (κ3) is 3.83. The van der Waals surface area contributed by atoms with Crippen molar-refractivity contribution in [2.24, 2.45) is 0 Å². The van der Waals surface area contributed by atoms with Crippen molar-refractivity contribution < 1.29 is 18.6 Å². The van der Waals surface area contributed by atoms with Crippen LogP contribution in [0.25, 0.3) is 0 Å². The maximum Gasteiger partial charge on any atom is 0.231 e. The predicted molar refractivity (Wildman–Crippen MR) is 109 cm³/mol. The van der Waals surface area contributed by atoms with E-state index in [-0.39, 0.29) is 24.5 Å². The van der Waals surface area contributed by atoms with Gasteiger partial charge in [-0.25, -0.2) is 4.39 Å². The molecule has 3 aromatic rings. The highest BCUT2D eigenvalue weighted by atomic mass is 19.1. The Morgan fingerprint density at radius 2 is 1.69 bits per heavy atom. The molecular weight excluding hydrogens is 367 g/mol. The average Bonchev–Trinajstić information content (AvgIpc) is 3.34. The SMILES string of the molecule is FC(=CC1(c2ccc3c(c2)OCO3)CC1)Cc1cccc(Oc2ccccc2)c1. The van der Waals surface area contributed by atoms with Gasteiger partial charge in [0.25, 0.3) is 0 Å². The Morgan fingerprint density at radius 3 is 2.52 bits per heavy atom. The van der Waals surface area contributed by atoms with Gasteiger partial charge in [0.1, 0.15) is 17.3 Å². The minimum Gasteiger partial charge on any atom is -0.457 e. The van der Waals surface area contributed by atoms with Gasteiger partial charge in [0, 0.05) is 11.8 Å². The molecule has 1 aliphatic heterocycles. The molecule has 4 heteroatoms. The Balaban J connectivity index is 1.32. The number of fused-ring (bicyclic) bond motifs is 1. The Kier molecular flexibility index (Phi) is 4.47. The van der Waals surface area contributed by atoms with Crippen molar-refractivity contribution in [3.05, 3.63) is 95.8 Å². The van der Waals surface area contributed by atoms with Gasteiger partial charge in [0.2, 0.25) is 6.79 Å². The van der Waals surface area contributed by atoms with Crippen LogP contribution in [0.1, 0.15) is 24.0 Å². The van der Waals surface area contributed by atoms with E-state index in [2.05, 4.69) is 0 Å². The van der Waals surface area contributed by atoms with E-state index in [1.807, 2.05) is 72.8 Å². The van der Waals surface area contributed by atoms with Crippen molar-refractivity contribution in [3.63, 3.8) is 0 Å². The number of halogens is 1. The van der Waals surface area contributed by atoms with Crippen molar-refractivity contribution in [1.82, 2.24) is 0 Å². The van der Waals surface area contributed by atoms with Crippen LogP contribution in [-0.2, 0) is 11.8 Å². The molecule has 146 valence electrons. The molecule has 1 saturated carbocycles. The molecule has 0 atom stereocenters. The monoisotopic (exact) mass is 388 g/mol. The molecule has 0 spiro atoms. The van der Waals surface area contributed by atoms with Gasteiger partial charge < -0.3 is 14.2 Å². The van der Waals surface area contributed by atoms with E-state index in [1.54, 1.807) is 6.08 Å². The fraction of sp³-hybridized carbons (Fsp3) is 0.200. The van der Waals surface area contributed by atoms with E-state index >= 15 is 0 Å². The van der Waals surface area contributed by atoms with Crippen molar-refractivity contribution in [2.75, 3.05) is 6.79 Å². The quantitative estimate of drug-likeness (QED) is 0.493. The van der Waals surface area contributed by atoms with Gasteiger partial charge in [-0.2, -0.15) is 0 Å². The minimum atomic E-state index is -0.233. The van der Waals surface area contributed by atoms with Gasteiger partial charge in [-0.3, -0.25) is 0 Å². The molecule has 0 N–H and O–H groups in total. The molecule has 0 aromatic heterocycles. The maximum absolute atomic E-state index is 14.9. The summed E-state index contributed by atoms with van der Waals surface area (Å²) in [6.45, 7) is 0.247. The van der Waals surface area contributed by atoms with E-state index in [9.17, 15) is 4.39 Å². The number of allylic oxidation sites excluding steroid dienone is 2. The van der Waals surface area contributed by atoms with Crippen molar-refractivity contribution in [1.29, 1.82) is 0 Å². The van der Waals surface area contributed by atoms with Crippen LogP contribution in [0.2, 0.25) is 0 Å². The van der Waals surface area contributed by atoms with Crippen LogP contribution < -0.4 is 14.2 Å². The standard InChI is InChI=1S/C25H21FO3/c26-20(13-18-5-4-8-22(14-18)29-21-6-2-1-3-7-21)16-25(11-12-25)19-9-10-23-24(15-19)28-17-27-23/h1-10,14-16H,11-13,17H2. The Labute approximate surface area is 169 Å². The zero-order valence-electron chi connectivity index (χ0n) is 15.9. The molecule has 1 heterocycles. The lowest BCUT2D eigenvalue weighted by atomic mass is 9.94. The Hall–Kier alpha value is -3.27. The number of ether oxygens (including phenoxy) is 3. The summed E-state index contributed by atoms with van der Waals surface area (Å²) in [6.07, 6.45) is 3.90. The van der Waals surface area contributed by atoms with Crippen molar-refractivity contribution >= 4 is 0 Å². The largest absolute Gasteiger partial charge is 0.457 e. The number of hydrogen-bond acceptors (Lipinski definition) is 3. The number of hydrogen-bond donors (Lipinski definition) is 0. The molecule has 0 radical (unpaired) electrons. The minimum absolute atomic E-state index is 0.128. The molecule has 1 aliphatic carbocycles. The molecule has 0 bridgehead atoms. The lowest BCUT2D eigenvalue weighted by Gasteiger charge is -2.12. The lowest BCUT2D eigenvalue weighted by molar-refractivity contribution is 0.174. The predicted octanol–water partition coefficient (Wildman–Crippen LogP) is 6.34.